The number of hydrogen-bond donors (Lipinski definition) is 3. The molecule has 2 aromatic rings. The number of amides is 2. The zero-order chi connectivity index (χ0) is 16.5. The molecule has 0 aliphatic carbocycles. The molecule has 5 heteroatoms. The highest BCUT2D eigenvalue weighted by molar-refractivity contribution is 5.74. The number of para-hydroxylation sites is 1. The highest BCUT2D eigenvalue weighted by Gasteiger charge is 2.06. The lowest BCUT2D eigenvalue weighted by Crippen LogP contribution is -2.34. The van der Waals surface area contributed by atoms with Gasteiger partial charge < -0.3 is 20.5 Å². The molecule has 0 bridgehead atoms. The van der Waals surface area contributed by atoms with E-state index in [4.69, 9.17) is 4.74 Å². The Morgan fingerprint density at radius 2 is 1.52 bits per heavy atom. The molecule has 0 fully saturated rings. The highest BCUT2D eigenvalue weighted by atomic mass is 16.5. The number of carbonyl (C=O) groups excluding carboxylic acids is 1. The third-order valence-corrected chi connectivity index (χ3v) is 3.44. The smallest absolute Gasteiger partial charge is 0.315 e. The van der Waals surface area contributed by atoms with Crippen molar-refractivity contribution in [3.05, 3.63) is 65.2 Å². The van der Waals surface area contributed by atoms with Crippen LogP contribution < -0.4 is 15.4 Å². The second kappa shape index (κ2) is 8.80. The van der Waals surface area contributed by atoms with Crippen molar-refractivity contribution in [3.8, 4) is 5.75 Å². The minimum Gasteiger partial charge on any atom is -0.494 e. The monoisotopic (exact) mass is 314 g/mol. The van der Waals surface area contributed by atoms with Gasteiger partial charge >= 0.3 is 6.03 Å². The number of carbonyl (C=O) groups is 1. The highest BCUT2D eigenvalue weighted by Crippen LogP contribution is 2.17. The molecule has 0 unspecified atom stereocenters. The van der Waals surface area contributed by atoms with E-state index in [0.29, 0.717) is 19.7 Å². The first kappa shape index (κ1) is 16.8. The Balaban J connectivity index is 1.86. The molecule has 5 nitrogen and oxygen atoms in total. The fourth-order valence-electron chi connectivity index (χ4n) is 2.24. The molecule has 0 aliphatic heterocycles. The summed E-state index contributed by atoms with van der Waals surface area (Å²) < 4.78 is 5.53. The van der Waals surface area contributed by atoms with Gasteiger partial charge in [-0.1, -0.05) is 42.5 Å². The van der Waals surface area contributed by atoms with Crippen molar-refractivity contribution in [2.45, 2.75) is 26.6 Å². The van der Waals surface area contributed by atoms with E-state index < -0.39 is 0 Å². The van der Waals surface area contributed by atoms with Gasteiger partial charge in [0.05, 0.1) is 13.2 Å². The number of aliphatic hydroxyl groups is 1. The molecule has 0 atom stereocenters. The lowest BCUT2D eigenvalue weighted by molar-refractivity contribution is 0.239. The predicted molar refractivity (Wildman–Crippen MR) is 89.1 cm³/mol. The number of nitrogens with one attached hydrogen (secondary N) is 2. The molecule has 3 N–H and O–H groups in total. The fourth-order valence-corrected chi connectivity index (χ4v) is 2.24. The Bertz CT molecular complexity index is 644. The van der Waals surface area contributed by atoms with Gasteiger partial charge in [0.2, 0.25) is 0 Å². The normalized spacial score (nSPS) is 10.2. The van der Waals surface area contributed by atoms with Gasteiger partial charge in [-0.25, -0.2) is 4.79 Å². The molecule has 2 amide bonds. The van der Waals surface area contributed by atoms with Gasteiger partial charge in [-0.15, -0.1) is 0 Å². The molecule has 0 radical (unpaired) electrons. The van der Waals surface area contributed by atoms with Crippen LogP contribution in [0, 0.1) is 0 Å². The van der Waals surface area contributed by atoms with Crippen molar-refractivity contribution in [1.29, 1.82) is 0 Å². The summed E-state index contributed by atoms with van der Waals surface area (Å²) in [6, 6.07) is 14.8. The third kappa shape index (κ3) is 5.00. The first-order valence-corrected chi connectivity index (χ1v) is 7.64. The Morgan fingerprint density at radius 3 is 2.17 bits per heavy atom. The summed E-state index contributed by atoms with van der Waals surface area (Å²) >= 11 is 0. The molecule has 0 aliphatic rings. The predicted octanol–water partition coefficient (Wildman–Crippen LogP) is 2.58. The largest absolute Gasteiger partial charge is 0.494 e. The average Bonchev–Trinajstić information content (AvgIpc) is 2.59. The van der Waals surface area contributed by atoms with Gasteiger partial charge in [-0.3, -0.25) is 0 Å². The summed E-state index contributed by atoms with van der Waals surface area (Å²) in [6.45, 7) is 3.23. The summed E-state index contributed by atoms with van der Waals surface area (Å²) in [5.41, 5.74) is 2.65. The first-order valence-electron chi connectivity index (χ1n) is 7.64. The topological polar surface area (TPSA) is 70.6 Å². The van der Waals surface area contributed by atoms with E-state index >= 15 is 0 Å². The van der Waals surface area contributed by atoms with Crippen LogP contribution in [0.1, 0.15) is 23.6 Å². The second-order valence-electron chi connectivity index (χ2n) is 5.00. The van der Waals surface area contributed by atoms with Crippen molar-refractivity contribution < 1.29 is 14.6 Å². The minimum atomic E-state index is -0.260. The molecule has 0 spiro atoms. The standard InChI is InChI=1S/C18H22N2O3/c1-2-23-17-10-6-5-8-15(17)12-20-18(22)19-11-14-7-3-4-9-16(14)13-21/h3-10,21H,2,11-13H2,1H3,(H2,19,20,22). The number of rotatable bonds is 7. The van der Waals surface area contributed by atoms with Crippen molar-refractivity contribution in [2.24, 2.45) is 0 Å². The first-order chi connectivity index (χ1) is 11.2. The molecular formula is C18H22N2O3. The molecule has 0 heterocycles. The maximum Gasteiger partial charge on any atom is 0.315 e. The van der Waals surface area contributed by atoms with Crippen molar-refractivity contribution in [2.75, 3.05) is 6.61 Å². The summed E-state index contributed by atoms with van der Waals surface area (Å²) in [5, 5.41) is 14.9. The van der Waals surface area contributed by atoms with E-state index in [1.54, 1.807) is 0 Å². The average molecular weight is 314 g/mol. The fraction of sp³-hybridized carbons (Fsp3) is 0.278. The number of urea groups is 1. The molecule has 0 saturated heterocycles. The summed E-state index contributed by atoms with van der Waals surface area (Å²) in [6.07, 6.45) is 0. The third-order valence-electron chi connectivity index (χ3n) is 3.44. The second-order valence-corrected chi connectivity index (χ2v) is 5.00. The van der Waals surface area contributed by atoms with Gasteiger partial charge in [0.15, 0.2) is 0 Å². The van der Waals surface area contributed by atoms with Crippen LogP contribution in [0.15, 0.2) is 48.5 Å². The van der Waals surface area contributed by atoms with Crippen LogP contribution in [-0.2, 0) is 19.7 Å². The number of aliphatic hydroxyl groups excluding tert-OH is 1. The van der Waals surface area contributed by atoms with Crippen LogP contribution >= 0.6 is 0 Å². The van der Waals surface area contributed by atoms with Crippen LogP contribution in [-0.4, -0.2) is 17.7 Å². The number of benzene rings is 2. The van der Waals surface area contributed by atoms with Crippen LogP contribution in [0.25, 0.3) is 0 Å². The van der Waals surface area contributed by atoms with E-state index in [9.17, 15) is 9.90 Å². The Morgan fingerprint density at radius 1 is 0.957 bits per heavy atom. The number of hydrogen-bond acceptors (Lipinski definition) is 3. The zero-order valence-electron chi connectivity index (χ0n) is 13.2. The van der Waals surface area contributed by atoms with E-state index in [-0.39, 0.29) is 12.6 Å². The van der Waals surface area contributed by atoms with Gasteiger partial charge in [-0.05, 0) is 24.1 Å². The lowest BCUT2D eigenvalue weighted by Gasteiger charge is -2.12. The lowest BCUT2D eigenvalue weighted by atomic mass is 10.1. The SMILES string of the molecule is CCOc1ccccc1CNC(=O)NCc1ccccc1CO. The Hall–Kier alpha value is -2.53. The van der Waals surface area contributed by atoms with E-state index in [0.717, 1.165) is 22.4 Å². The quantitative estimate of drug-likeness (QED) is 0.735. The van der Waals surface area contributed by atoms with Crippen molar-refractivity contribution in [3.63, 3.8) is 0 Å². The van der Waals surface area contributed by atoms with Crippen LogP contribution in [0.4, 0.5) is 4.79 Å². The van der Waals surface area contributed by atoms with E-state index in [1.807, 2.05) is 55.5 Å². The minimum absolute atomic E-state index is 0.0405. The Kier molecular flexibility index (Phi) is 6.44. The van der Waals surface area contributed by atoms with Crippen molar-refractivity contribution >= 4 is 6.03 Å². The molecule has 2 aromatic carbocycles. The molecule has 23 heavy (non-hydrogen) atoms. The Labute approximate surface area is 136 Å². The van der Waals surface area contributed by atoms with E-state index in [2.05, 4.69) is 10.6 Å². The molecule has 0 aromatic heterocycles. The van der Waals surface area contributed by atoms with Gasteiger partial charge in [-0.2, -0.15) is 0 Å². The molecule has 2 rings (SSSR count). The maximum absolute atomic E-state index is 11.9. The maximum atomic E-state index is 11.9. The molecule has 122 valence electrons. The van der Waals surface area contributed by atoms with Crippen LogP contribution in [0.2, 0.25) is 0 Å². The van der Waals surface area contributed by atoms with Gasteiger partial charge in [0.1, 0.15) is 5.75 Å². The van der Waals surface area contributed by atoms with Gasteiger partial charge in [0.25, 0.3) is 0 Å². The summed E-state index contributed by atoms with van der Waals surface area (Å²) in [5.74, 6) is 0.779. The molecular weight excluding hydrogens is 292 g/mol. The van der Waals surface area contributed by atoms with Crippen LogP contribution in [0.5, 0.6) is 5.75 Å². The summed E-state index contributed by atoms with van der Waals surface area (Å²) in [4.78, 5) is 11.9. The summed E-state index contributed by atoms with van der Waals surface area (Å²) in [7, 11) is 0. The molecule has 0 saturated carbocycles. The van der Waals surface area contributed by atoms with E-state index in [1.165, 1.54) is 0 Å². The van der Waals surface area contributed by atoms with Crippen molar-refractivity contribution in [1.82, 2.24) is 10.6 Å². The number of ether oxygens (including phenoxy) is 1. The van der Waals surface area contributed by atoms with Crippen LogP contribution in [0.3, 0.4) is 0 Å². The zero-order valence-corrected chi connectivity index (χ0v) is 13.2. The van der Waals surface area contributed by atoms with Gasteiger partial charge in [0, 0.05) is 18.7 Å².